The van der Waals surface area contributed by atoms with Gasteiger partial charge >= 0.3 is 0 Å². The monoisotopic (exact) mass is 559 g/mol. The number of pyridine rings is 1. The third-order valence-corrected chi connectivity index (χ3v) is 7.98. The van der Waals surface area contributed by atoms with Gasteiger partial charge in [0.25, 0.3) is 5.91 Å². The van der Waals surface area contributed by atoms with Crippen LogP contribution in [0.25, 0.3) is 33.9 Å². The van der Waals surface area contributed by atoms with Gasteiger partial charge in [-0.1, -0.05) is 35.1 Å². The Kier molecular flexibility index (Phi) is 6.78. The first-order valence-electron chi connectivity index (χ1n) is 12.2. The third-order valence-electron chi connectivity index (χ3n) is 6.87. The molecule has 0 unspecified atom stereocenters. The van der Waals surface area contributed by atoms with E-state index in [1.54, 1.807) is 19.4 Å². The fourth-order valence-corrected chi connectivity index (χ4v) is 5.97. The van der Waals surface area contributed by atoms with Crippen molar-refractivity contribution in [3.8, 4) is 29.0 Å². The highest BCUT2D eigenvalue weighted by Crippen LogP contribution is 2.38. The Hall–Kier alpha value is -4.18. The van der Waals surface area contributed by atoms with E-state index in [-0.39, 0.29) is 24.1 Å². The fraction of sp³-hybridized carbons (Fsp3) is 0.269. The van der Waals surface area contributed by atoms with Crippen LogP contribution in [-0.2, 0) is 4.74 Å². The summed E-state index contributed by atoms with van der Waals surface area (Å²) in [7, 11) is 1.68. The molecule has 0 radical (unpaired) electrons. The molecule has 2 N–H and O–H groups in total. The Morgan fingerprint density at radius 1 is 1.23 bits per heavy atom. The van der Waals surface area contributed by atoms with E-state index in [4.69, 9.17) is 21.3 Å². The maximum atomic E-state index is 12.9. The van der Waals surface area contributed by atoms with Crippen LogP contribution in [0.5, 0.6) is 0 Å². The zero-order valence-electron chi connectivity index (χ0n) is 20.7. The van der Waals surface area contributed by atoms with Crippen molar-refractivity contribution < 1.29 is 9.53 Å². The number of nitriles is 1. The van der Waals surface area contributed by atoms with Crippen LogP contribution in [0.2, 0.25) is 4.34 Å². The number of rotatable bonds is 6. The van der Waals surface area contributed by atoms with Gasteiger partial charge in [0.1, 0.15) is 27.7 Å². The Morgan fingerprint density at radius 3 is 2.85 bits per heavy atom. The highest BCUT2D eigenvalue weighted by molar-refractivity contribution is 7.17. The van der Waals surface area contributed by atoms with Gasteiger partial charge in [-0.3, -0.25) is 14.9 Å². The number of aromatic nitrogens is 7. The molecule has 5 aromatic rings. The minimum atomic E-state index is -0.269. The van der Waals surface area contributed by atoms with Gasteiger partial charge < -0.3 is 14.6 Å². The quantitative estimate of drug-likeness (QED) is 0.311. The van der Waals surface area contributed by atoms with E-state index in [9.17, 15) is 10.1 Å². The molecule has 1 aromatic carbocycles. The van der Waals surface area contributed by atoms with Crippen molar-refractivity contribution in [1.82, 2.24) is 40.0 Å². The molecule has 0 saturated heterocycles. The van der Waals surface area contributed by atoms with Crippen molar-refractivity contribution in [3.63, 3.8) is 0 Å². The second kappa shape index (κ2) is 10.5. The number of carbonyl (C=O) groups is 1. The molecule has 13 heteroatoms. The summed E-state index contributed by atoms with van der Waals surface area (Å²) < 4.78 is 8.41. The molecule has 4 heterocycles. The van der Waals surface area contributed by atoms with Gasteiger partial charge in [-0.15, -0.1) is 0 Å². The third kappa shape index (κ3) is 4.87. The molecule has 3 atom stereocenters. The summed E-state index contributed by atoms with van der Waals surface area (Å²) in [6, 6.07) is 11.3. The van der Waals surface area contributed by atoms with Gasteiger partial charge in [0.15, 0.2) is 10.8 Å². The van der Waals surface area contributed by atoms with E-state index in [2.05, 4.69) is 41.1 Å². The normalized spacial score (nSPS) is 19.2. The minimum Gasteiger partial charge on any atom is -0.381 e. The molecule has 0 bridgehead atoms. The predicted octanol–water partition coefficient (Wildman–Crippen LogP) is 4.40. The van der Waals surface area contributed by atoms with Crippen molar-refractivity contribution >= 4 is 39.9 Å². The number of imidazole rings is 1. The SMILES string of the molecule is CO[C@H]1C[C@H](NC(=O)c2ncc(Cl)s2)C[C@H](n2c(-c3ccccc3C#N)nc3cnc(-c4ncn[nH]4)cc32)C1. The van der Waals surface area contributed by atoms with E-state index < -0.39 is 0 Å². The highest BCUT2D eigenvalue weighted by atomic mass is 35.5. The van der Waals surface area contributed by atoms with Crippen molar-refractivity contribution in [2.45, 2.75) is 37.5 Å². The van der Waals surface area contributed by atoms with Gasteiger partial charge in [-0.25, -0.2) is 15.0 Å². The molecule has 196 valence electrons. The first-order valence-corrected chi connectivity index (χ1v) is 13.4. The number of halogens is 1. The summed E-state index contributed by atoms with van der Waals surface area (Å²) in [6.07, 6.45) is 6.46. The van der Waals surface area contributed by atoms with Crippen molar-refractivity contribution in [2.24, 2.45) is 0 Å². The van der Waals surface area contributed by atoms with Crippen LogP contribution in [-0.4, -0.2) is 59.9 Å². The summed E-state index contributed by atoms with van der Waals surface area (Å²) in [5.41, 5.74) is 3.36. The van der Waals surface area contributed by atoms with E-state index in [1.165, 1.54) is 12.5 Å². The molecular weight excluding hydrogens is 538 g/mol. The van der Waals surface area contributed by atoms with Crippen LogP contribution < -0.4 is 5.32 Å². The number of thiazole rings is 1. The number of fused-ring (bicyclic) bond motifs is 1. The van der Waals surface area contributed by atoms with Gasteiger partial charge in [-0.05, 0) is 37.5 Å². The van der Waals surface area contributed by atoms with Crippen LogP contribution in [0.3, 0.4) is 0 Å². The summed E-state index contributed by atoms with van der Waals surface area (Å²) >= 11 is 7.14. The molecule has 11 nitrogen and oxygen atoms in total. The fourth-order valence-electron chi connectivity index (χ4n) is 5.16. The van der Waals surface area contributed by atoms with E-state index in [0.717, 1.165) is 22.4 Å². The minimum absolute atomic E-state index is 0.106. The molecule has 1 aliphatic carbocycles. The number of methoxy groups -OCH3 is 1. The van der Waals surface area contributed by atoms with E-state index in [0.29, 0.717) is 57.0 Å². The molecule has 1 amide bonds. The molecule has 1 fully saturated rings. The average molecular weight is 560 g/mol. The maximum Gasteiger partial charge on any atom is 0.280 e. The van der Waals surface area contributed by atoms with Crippen molar-refractivity contribution in [3.05, 3.63) is 64.0 Å². The topological polar surface area (TPSA) is 147 Å². The number of ether oxygens (including phenoxy) is 1. The number of nitrogens with one attached hydrogen (secondary N) is 2. The van der Waals surface area contributed by atoms with Crippen LogP contribution in [0.15, 0.2) is 49.1 Å². The molecule has 0 spiro atoms. The highest BCUT2D eigenvalue weighted by Gasteiger charge is 2.34. The van der Waals surface area contributed by atoms with Crippen LogP contribution >= 0.6 is 22.9 Å². The second-order valence-electron chi connectivity index (χ2n) is 9.21. The maximum absolute atomic E-state index is 12.9. The molecule has 1 saturated carbocycles. The molecular formula is C26H22ClN9O2S. The zero-order chi connectivity index (χ0) is 26.9. The van der Waals surface area contributed by atoms with Crippen molar-refractivity contribution in [2.75, 3.05) is 7.11 Å². The van der Waals surface area contributed by atoms with Crippen LogP contribution in [0.1, 0.15) is 40.7 Å². The average Bonchev–Trinajstić information content (AvgIpc) is 3.72. The standard InChI is InChI=1S/C26H22ClN9O2S/c1-38-17-7-15(33-25(37)26-30-12-22(27)39-26)6-16(8-17)36-21-9-19(23-31-13-32-35-23)29-11-20(21)34-24(36)18-5-3-2-4-14(18)10-28/h2-5,9,11-13,15-17H,6-8H2,1H3,(H,33,37)(H,31,32,35)/t15-,16+,17+/m1/s1. The number of carbonyl (C=O) groups excluding carboxylic acids is 1. The smallest absolute Gasteiger partial charge is 0.280 e. The first-order chi connectivity index (χ1) is 19.0. The Labute approximate surface area is 231 Å². The number of aromatic amines is 1. The number of H-pyrrole nitrogens is 1. The number of hydrogen-bond acceptors (Lipinski definition) is 9. The van der Waals surface area contributed by atoms with E-state index in [1.807, 2.05) is 24.3 Å². The summed E-state index contributed by atoms with van der Waals surface area (Å²) in [6.45, 7) is 0. The Morgan fingerprint density at radius 2 is 2.10 bits per heavy atom. The van der Waals surface area contributed by atoms with Crippen molar-refractivity contribution in [1.29, 1.82) is 5.26 Å². The second-order valence-corrected chi connectivity index (χ2v) is 10.9. The molecule has 6 rings (SSSR count). The molecule has 1 aliphatic rings. The predicted molar refractivity (Wildman–Crippen MR) is 145 cm³/mol. The lowest BCUT2D eigenvalue weighted by atomic mass is 9.88. The lowest BCUT2D eigenvalue weighted by Gasteiger charge is -2.36. The van der Waals surface area contributed by atoms with Gasteiger partial charge in [0.2, 0.25) is 0 Å². The number of amides is 1. The zero-order valence-corrected chi connectivity index (χ0v) is 22.3. The van der Waals surface area contributed by atoms with Gasteiger partial charge in [0.05, 0.1) is 35.6 Å². The summed E-state index contributed by atoms with van der Waals surface area (Å²) in [5, 5.41) is 20.1. The first kappa shape index (κ1) is 25.1. The largest absolute Gasteiger partial charge is 0.381 e. The lowest BCUT2D eigenvalue weighted by molar-refractivity contribution is 0.0398. The van der Waals surface area contributed by atoms with Crippen LogP contribution in [0.4, 0.5) is 0 Å². The lowest BCUT2D eigenvalue weighted by Crippen LogP contribution is -2.43. The molecule has 0 aliphatic heterocycles. The Bertz CT molecular complexity index is 1690. The van der Waals surface area contributed by atoms with Gasteiger partial charge in [0, 0.05) is 24.8 Å². The summed E-state index contributed by atoms with van der Waals surface area (Å²) in [5.74, 6) is 0.918. The van der Waals surface area contributed by atoms with Gasteiger partial charge in [-0.2, -0.15) is 10.4 Å². The molecule has 4 aromatic heterocycles. The van der Waals surface area contributed by atoms with Crippen LogP contribution in [0, 0.1) is 11.3 Å². The summed E-state index contributed by atoms with van der Waals surface area (Å²) in [4.78, 5) is 30.8. The van der Waals surface area contributed by atoms with E-state index >= 15 is 0 Å². The number of nitrogens with zero attached hydrogens (tertiary/aromatic N) is 7. The number of benzene rings is 1. The number of hydrogen-bond donors (Lipinski definition) is 2. The molecule has 39 heavy (non-hydrogen) atoms. The Balaban J connectivity index is 1.45.